The Hall–Kier alpha value is -3.15. The van der Waals surface area contributed by atoms with Crippen molar-refractivity contribution in [1.29, 1.82) is 0 Å². The first-order chi connectivity index (χ1) is 14.2. The Morgan fingerprint density at radius 3 is 2.52 bits per heavy atom. The van der Waals surface area contributed by atoms with E-state index >= 15 is 0 Å². The van der Waals surface area contributed by atoms with Crippen LogP contribution in [0.1, 0.15) is 44.6 Å². The Balaban J connectivity index is 1.48. The smallest absolute Gasteiger partial charge is 0.253 e. The summed E-state index contributed by atoms with van der Waals surface area (Å²) >= 11 is 0. The molecule has 2 aliphatic rings. The van der Waals surface area contributed by atoms with Crippen LogP contribution in [-0.4, -0.2) is 27.4 Å². The molecule has 2 aromatic carbocycles. The van der Waals surface area contributed by atoms with Gasteiger partial charge in [-0.2, -0.15) is 0 Å². The molecule has 2 amide bonds. The number of anilines is 2. The van der Waals surface area contributed by atoms with Gasteiger partial charge in [0.05, 0.1) is 17.5 Å². The van der Waals surface area contributed by atoms with Crippen molar-refractivity contribution in [3.05, 3.63) is 54.6 Å². The lowest BCUT2D eigenvalue weighted by Crippen LogP contribution is -2.41. The van der Waals surface area contributed by atoms with Gasteiger partial charge in [-0.1, -0.05) is 49.6 Å². The van der Waals surface area contributed by atoms with Crippen LogP contribution in [0.3, 0.4) is 0 Å². The average molecular weight is 388 g/mol. The third kappa shape index (κ3) is 3.18. The molecule has 1 aliphatic carbocycles. The van der Waals surface area contributed by atoms with Gasteiger partial charge in [-0.15, -0.1) is 0 Å². The Kier molecular flexibility index (Phi) is 4.54. The molecule has 2 heterocycles. The maximum absolute atomic E-state index is 13.4. The Bertz CT molecular complexity index is 1050. The zero-order valence-electron chi connectivity index (χ0n) is 16.3. The molecule has 0 bridgehead atoms. The number of aromatic nitrogens is 2. The summed E-state index contributed by atoms with van der Waals surface area (Å²) in [6.45, 7) is 0. The van der Waals surface area contributed by atoms with Gasteiger partial charge in [0.1, 0.15) is 6.04 Å². The number of hydrogen-bond acceptors (Lipinski definition) is 3. The number of hydrogen-bond donors (Lipinski definition) is 1. The second-order valence-corrected chi connectivity index (χ2v) is 7.90. The SMILES string of the molecule is O=C(CC1C(=O)N(C2CCCCC2)c2nc3ccccc3n21)Nc1ccccc1. The van der Waals surface area contributed by atoms with Crippen molar-refractivity contribution in [2.24, 2.45) is 0 Å². The Morgan fingerprint density at radius 1 is 1.00 bits per heavy atom. The topological polar surface area (TPSA) is 67.2 Å². The normalized spacial score (nSPS) is 19.5. The number of benzene rings is 2. The summed E-state index contributed by atoms with van der Waals surface area (Å²) in [6.07, 6.45) is 5.58. The van der Waals surface area contributed by atoms with Crippen molar-refractivity contribution in [1.82, 2.24) is 9.55 Å². The summed E-state index contributed by atoms with van der Waals surface area (Å²) in [5.74, 6) is 0.526. The van der Waals surface area contributed by atoms with E-state index in [2.05, 4.69) is 5.32 Å². The fourth-order valence-corrected chi connectivity index (χ4v) is 4.65. The minimum Gasteiger partial charge on any atom is -0.326 e. The molecule has 0 spiro atoms. The van der Waals surface area contributed by atoms with Crippen LogP contribution in [-0.2, 0) is 9.59 Å². The molecule has 0 radical (unpaired) electrons. The van der Waals surface area contributed by atoms with Crippen LogP contribution in [0.2, 0.25) is 0 Å². The van der Waals surface area contributed by atoms with Gasteiger partial charge in [-0.3, -0.25) is 19.1 Å². The second kappa shape index (κ2) is 7.35. The molecule has 29 heavy (non-hydrogen) atoms. The number of nitrogens with zero attached hydrogens (tertiary/aromatic N) is 3. The van der Waals surface area contributed by atoms with Crippen molar-refractivity contribution in [2.75, 3.05) is 10.2 Å². The summed E-state index contributed by atoms with van der Waals surface area (Å²) in [6, 6.07) is 16.8. The van der Waals surface area contributed by atoms with Gasteiger partial charge < -0.3 is 5.32 Å². The summed E-state index contributed by atoms with van der Waals surface area (Å²) in [5, 5.41) is 2.91. The average Bonchev–Trinajstić information content (AvgIpc) is 3.24. The van der Waals surface area contributed by atoms with Crippen LogP contribution < -0.4 is 10.2 Å². The van der Waals surface area contributed by atoms with Crippen LogP contribution in [0.15, 0.2) is 54.6 Å². The number of imidazole rings is 1. The monoisotopic (exact) mass is 388 g/mol. The fourth-order valence-electron chi connectivity index (χ4n) is 4.65. The molecule has 6 heteroatoms. The van der Waals surface area contributed by atoms with E-state index in [0.717, 1.165) is 42.4 Å². The van der Waals surface area contributed by atoms with Crippen molar-refractivity contribution in [2.45, 2.75) is 50.6 Å². The molecule has 1 unspecified atom stereocenters. The second-order valence-electron chi connectivity index (χ2n) is 7.90. The highest BCUT2D eigenvalue weighted by Gasteiger charge is 2.44. The molecule has 1 aliphatic heterocycles. The molecule has 1 fully saturated rings. The zero-order chi connectivity index (χ0) is 19.8. The van der Waals surface area contributed by atoms with Gasteiger partial charge in [0.15, 0.2) is 0 Å². The number of carbonyl (C=O) groups excluding carboxylic acids is 2. The molecular weight excluding hydrogens is 364 g/mol. The molecule has 1 N–H and O–H groups in total. The molecule has 148 valence electrons. The van der Waals surface area contributed by atoms with E-state index in [-0.39, 0.29) is 24.3 Å². The van der Waals surface area contributed by atoms with Crippen LogP contribution in [0.5, 0.6) is 0 Å². The lowest BCUT2D eigenvalue weighted by atomic mass is 9.94. The van der Waals surface area contributed by atoms with Gasteiger partial charge in [0.25, 0.3) is 5.91 Å². The van der Waals surface area contributed by atoms with Crippen molar-refractivity contribution >= 4 is 34.5 Å². The van der Waals surface area contributed by atoms with E-state index in [1.807, 2.05) is 64.1 Å². The minimum absolute atomic E-state index is 0.00614. The first kappa shape index (κ1) is 17.9. The molecule has 1 aromatic heterocycles. The van der Waals surface area contributed by atoms with Gasteiger partial charge in [0.2, 0.25) is 11.9 Å². The first-order valence-corrected chi connectivity index (χ1v) is 10.4. The highest BCUT2D eigenvalue weighted by atomic mass is 16.2. The van der Waals surface area contributed by atoms with Gasteiger partial charge in [0, 0.05) is 11.7 Å². The number of carbonyl (C=O) groups is 2. The highest BCUT2D eigenvalue weighted by Crippen LogP contribution is 2.40. The Labute approximate surface area is 169 Å². The molecular formula is C23H24N4O2. The van der Waals surface area contributed by atoms with E-state index in [1.54, 1.807) is 0 Å². The van der Waals surface area contributed by atoms with Crippen LogP contribution in [0, 0.1) is 0 Å². The van der Waals surface area contributed by atoms with E-state index in [0.29, 0.717) is 5.95 Å². The third-order valence-corrected chi connectivity index (χ3v) is 6.00. The van der Waals surface area contributed by atoms with Crippen molar-refractivity contribution < 1.29 is 9.59 Å². The van der Waals surface area contributed by atoms with Crippen molar-refractivity contribution in [3.8, 4) is 0 Å². The van der Waals surface area contributed by atoms with E-state index in [1.165, 1.54) is 6.42 Å². The van der Waals surface area contributed by atoms with E-state index in [9.17, 15) is 9.59 Å². The zero-order valence-corrected chi connectivity index (χ0v) is 16.3. The lowest BCUT2D eigenvalue weighted by molar-refractivity contribution is -0.125. The molecule has 1 saturated carbocycles. The quantitative estimate of drug-likeness (QED) is 0.725. The number of para-hydroxylation sites is 3. The third-order valence-electron chi connectivity index (χ3n) is 6.00. The predicted octanol–water partition coefficient (Wildman–Crippen LogP) is 4.29. The molecule has 3 aromatic rings. The van der Waals surface area contributed by atoms with E-state index < -0.39 is 6.04 Å². The number of amides is 2. The lowest BCUT2D eigenvalue weighted by Gasteiger charge is -2.30. The molecule has 0 saturated heterocycles. The van der Waals surface area contributed by atoms with Crippen LogP contribution in [0.25, 0.3) is 11.0 Å². The first-order valence-electron chi connectivity index (χ1n) is 10.4. The summed E-state index contributed by atoms with van der Waals surface area (Å²) in [7, 11) is 0. The maximum atomic E-state index is 13.4. The molecule has 5 rings (SSSR count). The van der Waals surface area contributed by atoms with Crippen LogP contribution >= 0.6 is 0 Å². The fraction of sp³-hybridized carbons (Fsp3) is 0.348. The van der Waals surface area contributed by atoms with E-state index in [4.69, 9.17) is 4.98 Å². The highest BCUT2D eigenvalue weighted by molar-refractivity contribution is 6.05. The summed E-state index contributed by atoms with van der Waals surface area (Å²) < 4.78 is 1.97. The summed E-state index contributed by atoms with van der Waals surface area (Å²) in [5.41, 5.74) is 2.51. The molecule has 6 nitrogen and oxygen atoms in total. The maximum Gasteiger partial charge on any atom is 0.253 e. The molecule has 1 atom stereocenters. The Morgan fingerprint density at radius 2 is 1.72 bits per heavy atom. The standard InChI is InChI=1S/C23H24N4O2/c28-21(24-16-9-3-1-4-10-16)15-20-22(29)26(17-11-5-2-6-12-17)23-25-18-13-7-8-14-19(18)27(20)23/h1,3-4,7-10,13-14,17,20H,2,5-6,11-12,15H2,(H,24,28). The number of fused-ring (bicyclic) bond motifs is 3. The summed E-state index contributed by atoms with van der Waals surface area (Å²) in [4.78, 5) is 32.8. The van der Waals surface area contributed by atoms with Gasteiger partial charge in [-0.25, -0.2) is 4.98 Å². The predicted molar refractivity (Wildman–Crippen MR) is 113 cm³/mol. The number of rotatable bonds is 4. The van der Waals surface area contributed by atoms with Gasteiger partial charge >= 0.3 is 0 Å². The van der Waals surface area contributed by atoms with Gasteiger partial charge in [-0.05, 0) is 37.1 Å². The van der Waals surface area contributed by atoms with Crippen LogP contribution in [0.4, 0.5) is 11.6 Å². The minimum atomic E-state index is -0.553. The van der Waals surface area contributed by atoms with Crippen molar-refractivity contribution in [3.63, 3.8) is 0 Å². The largest absolute Gasteiger partial charge is 0.326 e. The number of nitrogens with one attached hydrogen (secondary N) is 1.